The van der Waals surface area contributed by atoms with Crippen molar-refractivity contribution in [1.29, 1.82) is 0 Å². The van der Waals surface area contributed by atoms with Gasteiger partial charge in [-0.2, -0.15) is 0 Å². The van der Waals surface area contributed by atoms with E-state index in [-0.39, 0.29) is 24.1 Å². The van der Waals surface area contributed by atoms with Gasteiger partial charge in [0.05, 0.1) is 24.8 Å². The number of rotatable bonds is 6. The van der Waals surface area contributed by atoms with Crippen molar-refractivity contribution in [3.05, 3.63) is 29.6 Å². The number of hydrogen-bond donors (Lipinski definition) is 2. The molecule has 1 amide bonds. The topological polar surface area (TPSA) is 92.7 Å². The standard InChI is InChI=1S/C15H18FNO5/c1-15(2,8-13(19)20)7-12(18)17-11-6-9(16)4-5-10(11)14(21)22-3/h4-6H,7-8H2,1-3H3,(H,17,18)(H,19,20). The number of nitrogens with one attached hydrogen (secondary N) is 1. The minimum Gasteiger partial charge on any atom is -0.481 e. The fourth-order valence-electron chi connectivity index (χ4n) is 2.01. The first kappa shape index (κ1) is 17.6. The molecule has 7 heteroatoms. The van der Waals surface area contributed by atoms with Crippen LogP contribution in [-0.4, -0.2) is 30.1 Å². The molecule has 1 aromatic carbocycles. The number of esters is 1. The number of methoxy groups -OCH3 is 1. The summed E-state index contributed by atoms with van der Waals surface area (Å²) in [6, 6.07) is 3.30. The third-order valence-electron chi connectivity index (χ3n) is 2.93. The van der Waals surface area contributed by atoms with Crippen molar-refractivity contribution in [1.82, 2.24) is 0 Å². The lowest BCUT2D eigenvalue weighted by atomic mass is 9.85. The zero-order chi connectivity index (χ0) is 16.9. The van der Waals surface area contributed by atoms with Crippen LogP contribution in [0.5, 0.6) is 0 Å². The molecule has 120 valence electrons. The van der Waals surface area contributed by atoms with Gasteiger partial charge in [0.15, 0.2) is 0 Å². The van der Waals surface area contributed by atoms with Gasteiger partial charge in [-0.1, -0.05) is 13.8 Å². The molecule has 22 heavy (non-hydrogen) atoms. The molecule has 0 unspecified atom stereocenters. The average Bonchev–Trinajstić information content (AvgIpc) is 2.35. The van der Waals surface area contributed by atoms with Crippen molar-refractivity contribution in [3.8, 4) is 0 Å². The molecule has 0 saturated carbocycles. The predicted molar refractivity (Wildman–Crippen MR) is 77.0 cm³/mol. The van der Waals surface area contributed by atoms with Gasteiger partial charge in [-0.15, -0.1) is 0 Å². The second kappa shape index (κ2) is 7.02. The molecule has 0 atom stereocenters. The number of carbonyl (C=O) groups is 3. The third kappa shape index (κ3) is 5.16. The molecule has 1 rings (SSSR count). The maximum absolute atomic E-state index is 13.3. The monoisotopic (exact) mass is 311 g/mol. The molecular weight excluding hydrogens is 293 g/mol. The maximum Gasteiger partial charge on any atom is 0.339 e. The third-order valence-corrected chi connectivity index (χ3v) is 2.93. The number of ether oxygens (including phenoxy) is 1. The highest BCUT2D eigenvalue weighted by atomic mass is 19.1. The number of aliphatic carboxylic acids is 1. The first-order valence-electron chi connectivity index (χ1n) is 6.54. The Balaban J connectivity index is 2.90. The fourth-order valence-corrected chi connectivity index (χ4v) is 2.01. The molecule has 0 bridgehead atoms. The zero-order valence-electron chi connectivity index (χ0n) is 12.6. The summed E-state index contributed by atoms with van der Waals surface area (Å²) < 4.78 is 17.9. The molecular formula is C15H18FNO5. The van der Waals surface area contributed by atoms with Crippen LogP contribution in [0.25, 0.3) is 0 Å². The summed E-state index contributed by atoms with van der Waals surface area (Å²) in [4.78, 5) is 34.3. The van der Waals surface area contributed by atoms with Gasteiger partial charge < -0.3 is 15.2 Å². The van der Waals surface area contributed by atoms with Crippen molar-refractivity contribution in [2.45, 2.75) is 26.7 Å². The van der Waals surface area contributed by atoms with E-state index in [0.717, 1.165) is 12.1 Å². The summed E-state index contributed by atoms with van der Waals surface area (Å²) >= 11 is 0. The van der Waals surface area contributed by atoms with Gasteiger partial charge in [-0.25, -0.2) is 9.18 Å². The summed E-state index contributed by atoms with van der Waals surface area (Å²) in [6.07, 6.45) is -0.274. The van der Waals surface area contributed by atoms with Crippen LogP contribution in [0.2, 0.25) is 0 Å². The second-order valence-electron chi connectivity index (χ2n) is 5.64. The van der Waals surface area contributed by atoms with Crippen LogP contribution in [0, 0.1) is 11.2 Å². The normalized spacial score (nSPS) is 10.9. The Kier molecular flexibility index (Phi) is 5.62. The Morgan fingerprint density at radius 2 is 1.91 bits per heavy atom. The molecule has 0 aliphatic heterocycles. The maximum atomic E-state index is 13.3. The molecule has 1 aromatic rings. The van der Waals surface area contributed by atoms with Gasteiger partial charge in [-0.05, 0) is 23.6 Å². The van der Waals surface area contributed by atoms with E-state index in [9.17, 15) is 18.8 Å². The lowest BCUT2D eigenvalue weighted by molar-refractivity contribution is -0.139. The van der Waals surface area contributed by atoms with Crippen LogP contribution >= 0.6 is 0 Å². The van der Waals surface area contributed by atoms with E-state index in [0.29, 0.717) is 0 Å². The lowest BCUT2D eigenvalue weighted by Gasteiger charge is -2.21. The lowest BCUT2D eigenvalue weighted by Crippen LogP contribution is -2.25. The van der Waals surface area contributed by atoms with Gasteiger partial charge in [-0.3, -0.25) is 9.59 Å². The van der Waals surface area contributed by atoms with E-state index in [1.807, 2.05) is 0 Å². The predicted octanol–water partition coefficient (Wildman–Crippen LogP) is 2.44. The first-order chi connectivity index (χ1) is 10.1. The highest BCUT2D eigenvalue weighted by molar-refractivity contribution is 6.01. The van der Waals surface area contributed by atoms with Crippen LogP contribution in [-0.2, 0) is 14.3 Å². The van der Waals surface area contributed by atoms with Crippen molar-refractivity contribution >= 4 is 23.5 Å². The molecule has 2 N–H and O–H groups in total. The highest BCUT2D eigenvalue weighted by Gasteiger charge is 2.26. The van der Waals surface area contributed by atoms with Crippen LogP contribution in [0.15, 0.2) is 18.2 Å². The molecule has 0 aliphatic rings. The largest absolute Gasteiger partial charge is 0.481 e. The number of carboxylic acids is 1. The summed E-state index contributed by atoms with van der Waals surface area (Å²) in [7, 11) is 1.17. The molecule has 0 aromatic heterocycles. The van der Waals surface area contributed by atoms with Gasteiger partial charge in [0, 0.05) is 6.42 Å². The molecule has 6 nitrogen and oxygen atoms in total. The minimum atomic E-state index is -1.01. The van der Waals surface area contributed by atoms with Crippen molar-refractivity contribution in [3.63, 3.8) is 0 Å². The Morgan fingerprint density at radius 1 is 1.27 bits per heavy atom. The number of halogens is 1. The molecule has 0 radical (unpaired) electrons. The van der Waals surface area contributed by atoms with Gasteiger partial charge in [0.1, 0.15) is 5.82 Å². The van der Waals surface area contributed by atoms with E-state index in [1.165, 1.54) is 13.2 Å². The Bertz CT molecular complexity index is 598. The second-order valence-corrected chi connectivity index (χ2v) is 5.64. The van der Waals surface area contributed by atoms with Crippen molar-refractivity contribution < 1.29 is 28.6 Å². The quantitative estimate of drug-likeness (QED) is 0.787. The van der Waals surface area contributed by atoms with E-state index in [1.54, 1.807) is 13.8 Å². The van der Waals surface area contributed by atoms with Gasteiger partial charge in [0.25, 0.3) is 0 Å². The fraction of sp³-hybridized carbons (Fsp3) is 0.400. The molecule has 0 aliphatic carbocycles. The summed E-state index contributed by atoms with van der Waals surface area (Å²) in [6.45, 7) is 3.26. The Morgan fingerprint density at radius 3 is 2.45 bits per heavy atom. The molecule has 0 heterocycles. The summed E-state index contributed by atoms with van der Waals surface area (Å²) in [5, 5.41) is 11.2. The summed E-state index contributed by atoms with van der Waals surface area (Å²) in [5.41, 5.74) is -0.759. The van der Waals surface area contributed by atoms with E-state index in [4.69, 9.17) is 5.11 Å². The van der Waals surface area contributed by atoms with Crippen LogP contribution in [0.1, 0.15) is 37.0 Å². The SMILES string of the molecule is COC(=O)c1ccc(F)cc1NC(=O)CC(C)(C)CC(=O)O. The molecule has 0 saturated heterocycles. The van der Waals surface area contributed by atoms with E-state index >= 15 is 0 Å². The number of carboxylic acid groups (broad SMARTS) is 1. The highest BCUT2D eigenvalue weighted by Crippen LogP contribution is 2.26. The van der Waals surface area contributed by atoms with Gasteiger partial charge in [0.2, 0.25) is 5.91 Å². The number of hydrogen-bond acceptors (Lipinski definition) is 4. The van der Waals surface area contributed by atoms with E-state index in [2.05, 4.69) is 10.1 Å². The van der Waals surface area contributed by atoms with Crippen LogP contribution in [0.4, 0.5) is 10.1 Å². The summed E-state index contributed by atoms with van der Waals surface area (Å²) in [5.74, 6) is -2.85. The number of benzene rings is 1. The van der Waals surface area contributed by atoms with E-state index < -0.39 is 29.1 Å². The zero-order valence-corrected chi connectivity index (χ0v) is 12.6. The van der Waals surface area contributed by atoms with Crippen molar-refractivity contribution in [2.24, 2.45) is 5.41 Å². The van der Waals surface area contributed by atoms with Crippen molar-refractivity contribution in [2.75, 3.05) is 12.4 Å². The minimum absolute atomic E-state index is 0.0111. The van der Waals surface area contributed by atoms with Crippen LogP contribution in [0.3, 0.4) is 0 Å². The average molecular weight is 311 g/mol. The smallest absolute Gasteiger partial charge is 0.339 e. The van der Waals surface area contributed by atoms with Gasteiger partial charge >= 0.3 is 11.9 Å². The number of anilines is 1. The Hall–Kier alpha value is -2.44. The number of carbonyl (C=O) groups excluding carboxylic acids is 2. The molecule has 0 fully saturated rings. The molecule has 0 spiro atoms. The van der Waals surface area contributed by atoms with Crippen LogP contribution < -0.4 is 5.32 Å². The first-order valence-corrected chi connectivity index (χ1v) is 6.54. The number of amides is 1. The Labute approximate surface area is 127 Å².